The summed E-state index contributed by atoms with van der Waals surface area (Å²) in [6.07, 6.45) is -3.78. The summed E-state index contributed by atoms with van der Waals surface area (Å²) in [5.41, 5.74) is 0.132. The van der Waals surface area contributed by atoms with E-state index in [1.807, 2.05) is 0 Å². The van der Waals surface area contributed by atoms with Crippen molar-refractivity contribution in [3.8, 4) is 0 Å². The summed E-state index contributed by atoms with van der Waals surface area (Å²) in [7, 11) is 0. The van der Waals surface area contributed by atoms with E-state index in [0.29, 0.717) is 6.61 Å². The van der Waals surface area contributed by atoms with E-state index in [9.17, 15) is 19.2 Å². The highest BCUT2D eigenvalue weighted by atomic mass is 16.7. The zero-order valence-electron chi connectivity index (χ0n) is 15.6. The maximum atomic E-state index is 12.6. The second kappa shape index (κ2) is 7.73. The molecule has 11 heteroatoms. The second-order valence-electron chi connectivity index (χ2n) is 7.24. The Balaban J connectivity index is 1.39. The zero-order chi connectivity index (χ0) is 20.7. The standard InChI is InChI=1S/C18H20O11/c1-7(2)16(20)25-5-9(19)27-14-12-10(11-13(28-12)15(14)29-18(11)22)17(21)24-4-8-3-23-6-26-8/h8,10-15H,1,3-6H2,2H3. The van der Waals surface area contributed by atoms with Crippen LogP contribution in [0.15, 0.2) is 12.2 Å². The molecule has 29 heavy (non-hydrogen) atoms. The first-order valence-corrected chi connectivity index (χ1v) is 9.11. The highest BCUT2D eigenvalue weighted by Crippen LogP contribution is 2.51. The van der Waals surface area contributed by atoms with Gasteiger partial charge in [0, 0.05) is 5.57 Å². The Morgan fingerprint density at radius 2 is 1.97 bits per heavy atom. The molecule has 0 spiro atoms. The van der Waals surface area contributed by atoms with Gasteiger partial charge in [-0.15, -0.1) is 0 Å². The molecule has 11 nitrogen and oxygen atoms in total. The fourth-order valence-electron chi connectivity index (χ4n) is 3.91. The first-order chi connectivity index (χ1) is 13.9. The molecule has 0 aromatic heterocycles. The molecule has 0 aliphatic carbocycles. The molecule has 0 amide bonds. The van der Waals surface area contributed by atoms with Crippen LogP contribution in [0.2, 0.25) is 0 Å². The average Bonchev–Trinajstić information content (AvgIpc) is 3.43. The molecule has 0 saturated carbocycles. The van der Waals surface area contributed by atoms with Crippen LogP contribution in [-0.2, 0) is 52.3 Å². The molecule has 4 saturated heterocycles. The molecule has 7 unspecified atom stereocenters. The Morgan fingerprint density at radius 1 is 1.17 bits per heavy atom. The largest absolute Gasteiger partial charge is 0.463 e. The van der Waals surface area contributed by atoms with Crippen LogP contribution in [-0.4, -0.2) is 81.0 Å². The van der Waals surface area contributed by atoms with Gasteiger partial charge in [-0.2, -0.15) is 0 Å². The molecule has 4 aliphatic rings. The van der Waals surface area contributed by atoms with Crippen LogP contribution in [0.1, 0.15) is 6.92 Å². The van der Waals surface area contributed by atoms with Crippen molar-refractivity contribution in [2.45, 2.75) is 37.4 Å². The minimum atomic E-state index is -0.998. The van der Waals surface area contributed by atoms with Gasteiger partial charge in [0.15, 0.2) is 18.8 Å². The third-order valence-corrected chi connectivity index (χ3v) is 5.22. The maximum Gasteiger partial charge on any atom is 0.344 e. The summed E-state index contributed by atoms with van der Waals surface area (Å²) in [5.74, 6) is -4.64. The number of ether oxygens (including phenoxy) is 7. The van der Waals surface area contributed by atoms with Crippen molar-refractivity contribution in [2.24, 2.45) is 11.8 Å². The third-order valence-electron chi connectivity index (χ3n) is 5.22. The Hall–Kier alpha value is -2.50. The average molecular weight is 412 g/mol. The molecule has 158 valence electrons. The van der Waals surface area contributed by atoms with E-state index < -0.39 is 66.7 Å². The molecule has 0 aromatic carbocycles. The third kappa shape index (κ3) is 3.61. The minimum Gasteiger partial charge on any atom is -0.463 e. The summed E-state index contributed by atoms with van der Waals surface area (Å²) in [6.45, 7) is 4.61. The van der Waals surface area contributed by atoms with Crippen molar-refractivity contribution in [2.75, 3.05) is 26.6 Å². The van der Waals surface area contributed by atoms with Gasteiger partial charge in [-0.05, 0) is 6.92 Å². The van der Waals surface area contributed by atoms with Crippen molar-refractivity contribution >= 4 is 23.9 Å². The van der Waals surface area contributed by atoms with Gasteiger partial charge < -0.3 is 33.2 Å². The van der Waals surface area contributed by atoms with Crippen LogP contribution in [0.4, 0.5) is 0 Å². The fourth-order valence-corrected chi connectivity index (χ4v) is 3.91. The Labute approximate surface area is 165 Å². The SMILES string of the molecule is C=C(C)C(=O)OCC(=O)OC1C2OC(=O)C3C2OC1C3C(=O)OCC1COCO1. The van der Waals surface area contributed by atoms with E-state index in [-0.39, 0.29) is 25.1 Å². The van der Waals surface area contributed by atoms with E-state index in [4.69, 9.17) is 33.2 Å². The topological polar surface area (TPSA) is 133 Å². The highest BCUT2D eigenvalue weighted by Gasteiger charge is 2.72. The maximum absolute atomic E-state index is 12.6. The monoisotopic (exact) mass is 412 g/mol. The van der Waals surface area contributed by atoms with Crippen molar-refractivity contribution in [1.29, 1.82) is 0 Å². The summed E-state index contributed by atoms with van der Waals surface area (Å²) in [5, 5.41) is 0. The summed E-state index contributed by atoms with van der Waals surface area (Å²) in [4.78, 5) is 48.3. The van der Waals surface area contributed by atoms with Crippen molar-refractivity contribution < 1.29 is 52.3 Å². The predicted molar refractivity (Wildman–Crippen MR) is 87.8 cm³/mol. The smallest absolute Gasteiger partial charge is 0.344 e. The van der Waals surface area contributed by atoms with Gasteiger partial charge in [0.25, 0.3) is 0 Å². The van der Waals surface area contributed by atoms with E-state index in [2.05, 4.69) is 6.58 Å². The molecule has 4 fully saturated rings. The van der Waals surface area contributed by atoms with Gasteiger partial charge in [-0.3, -0.25) is 9.59 Å². The molecule has 0 radical (unpaired) electrons. The molecule has 4 heterocycles. The van der Waals surface area contributed by atoms with Crippen LogP contribution in [0.5, 0.6) is 0 Å². The van der Waals surface area contributed by atoms with Gasteiger partial charge >= 0.3 is 23.9 Å². The Bertz CT molecular complexity index is 740. The molecular weight excluding hydrogens is 392 g/mol. The molecule has 0 aromatic rings. The fraction of sp³-hybridized carbons (Fsp3) is 0.667. The van der Waals surface area contributed by atoms with Crippen LogP contribution in [0.25, 0.3) is 0 Å². The normalized spacial score (nSPS) is 36.6. The summed E-state index contributed by atoms with van der Waals surface area (Å²) >= 11 is 0. The first-order valence-electron chi connectivity index (χ1n) is 9.11. The zero-order valence-corrected chi connectivity index (χ0v) is 15.6. The molecule has 4 aliphatic heterocycles. The molecule has 4 rings (SSSR count). The van der Waals surface area contributed by atoms with E-state index in [1.165, 1.54) is 6.92 Å². The number of hydrogen-bond donors (Lipinski definition) is 0. The highest BCUT2D eigenvalue weighted by molar-refractivity contribution is 5.89. The van der Waals surface area contributed by atoms with E-state index in [0.717, 1.165) is 0 Å². The summed E-state index contributed by atoms with van der Waals surface area (Å²) in [6, 6.07) is 0. The van der Waals surface area contributed by atoms with Crippen LogP contribution < -0.4 is 0 Å². The summed E-state index contributed by atoms with van der Waals surface area (Å²) < 4.78 is 36.5. The van der Waals surface area contributed by atoms with Gasteiger partial charge in [-0.25, -0.2) is 9.59 Å². The number of fused-ring (bicyclic) bond motifs is 1. The second-order valence-corrected chi connectivity index (χ2v) is 7.24. The van der Waals surface area contributed by atoms with Crippen LogP contribution in [0.3, 0.4) is 0 Å². The van der Waals surface area contributed by atoms with Crippen molar-refractivity contribution in [3.05, 3.63) is 12.2 Å². The number of rotatable bonds is 7. The van der Waals surface area contributed by atoms with Gasteiger partial charge in [0.1, 0.15) is 43.5 Å². The van der Waals surface area contributed by atoms with Gasteiger partial charge in [0.2, 0.25) is 0 Å². The van der Waals surface area contributed by atoms with Gasteiger partial charge in [-0.1, -0.05) is 6.58 Å². The lowest BCUT2D eigenvalue weighted by Gasteiger charge is -2.27. The number of carbonyl (C=O) groups excluding carboxylic acids is 4. The van der Waals surface area contributed by atoms with Crippen LogP contribution >= 0.6 is 0 Å². The van der Waals surface area contributed by atoms with Crippen molar-refractivity contribution in [3.63, 3.8) is 0 Å². The van der Waals surface area contributed by atoms with Gasteiger partial charge in [0.05, 0.1) is 6.61 Å². The first kappa shape index (κ1) is 19.8. The minimum absolute atomic E-state index is 0.0285. The molecule has 2 bridgehead atoms. The predicted octanol–water partition coefficient (Wildman–Crippen LogP) is -1.13. The molecular formula is C18H20O11. The quantitative estimate of drug-likeness (QED) is 0.286. The lowest BCUT2D eigenvalue weighted by Crippen LogP contribution is -2.48. The Morgan fingerprint density at radius 3 is 2.66 bits per heavy atom. The molecule has 7 atom stereocenters. The van der Waals surface area contributed by atoms with Crippen molar-refractivity contribution in [1.82, 2.24) is 0 Å². The molecule has 0 N–H and O–H groups in total. The van der Waals surface area contributed by atoms with Crippen LogP contribution in [0, 0.1) is 11.8 Å². The number of hydrogen-bond acceptors (Lipinski definition) is 11. The lowest BCUT2D eigenvalue weighted by atomic mass is 9.78. The van der Waals surface area contributed by atoms with E-state index in [1.54, 1.807) is 0 Å². The number of carbonyl (C=O) groups is 4. The number of esters is 4. The lowest BCUT2D eigenvalue weighted by molar-refractivity contribution is -0.170. The van der Waals surface area contributed by atoms with E-state index >= 15 is 0 Å². The Kier molecular flexibility index (Phi) is 5.28.